The molecule has 1 aliphatic carbocycles. The van der Waals surface area contributed by atoms with Crippen LogP contribution in [-0.2, 0) is 0 Å². The first-order valence-corrected chi connectivity index (χ1v) is 8.74. The van der Waals surface area contributed by atoms with Crippen molar-refractivity contribution < 1.29 is 0 Å². The molecule has 2 atom stereocenters. The van der Waals surface area contributed by atoms with Gasteiger partial charge in [0.2, 0.25) is 0 Å². The lowest BCUT2D eigenvalue weighted by atomic mass is 10.0. The Balaban J connectivity index is 1.44. The molecule has 4 nitrogen and oxygen atoms in total. The fourth-order valence-corrected chi connectivity index (χ4v) is 3.56. The monoisotopic (exact) mass is 294 g/mol. The Labute approximate surface area is 126 Å². The topological polar surface area (TPSA) is 31.4 Å². The molecule has 2 fully saturated rings. The second-order valence-corrected chi connectivity index (χ2v) is 7.11. The van der Waals surface area contributed by atoms with Crippen molar-refractivity contribution in [2.45, 2.75) is 38.8 Å². The average molecular weight is 294 g/mol. The van der Waals surface area contributed by atoms with E-state index in [4.69, 9.17) is 0 Å². The summed E-state index contributed by atoms with van der Waals surface area (Å²) in [4.78, 5) is 9.48. The fraction of sp³-hybridized carbons (Fsp3) is 0.800. The van der Waals surface area contributed by atoms with E-state index in [2.05, 4.69) is 39.3 Å². The first-order valence-electron chi connectivity index (χ1n) is 7.86. The maximum absolute atomic E-state index is 4.42. The van der Waals surface area contributed by atoms with Crippen LogP contribution >= 0.6 is 11.3 Å². The molecule has 0 spiro atoms. The van der Waals surface area contributed by atoms with Gasteiger partial charge in [-0.1, -0.05) is 6.92 Å². The van der Waals surface area contributed by atoms with Gasteiger partial charge >= 0.3 is 0 Å². The third-order valence-electron chi connectivity index (χ3n) is 4.71. The van der Waals surface area contributed by atoms with Gasteiger partial charge in [0.05, 0.1) is 0 Å². The van der Waals surface area contributed by atoms with Crippen molar-refractivity contribution >= 4 is 16.5 Å². The lowest BCUT2D eigenvalue weighted by Gasteiger charge is -2.40. The predicted molar refractivity (Wildman–Crippen MR) is 85.6 cm³/mol. The summed E-state index contributed by atoms with van der Waals surface area (Å²) in [6.07, 6.45) is 4.67. The summed E-state index contributed by atoms with van der Waals surface area (Å²) in [5.74, 6) is 0.724. The lowest BCUT2D eigenvalue weighted by Crippen LogP contribution is -2.52. The third kappa shape index (κ3) is 3.51. The Morgan fingerprint density at radius 3 is 2.65 bits per heavy atom. The summed E-state index contributed by atoms with van der Waals surface area (Å²) in [6, 6.07) is 1.49. The minimum atomic E-state index is 0.666. The minimum absolute atomic E-state index is 0.666. The highest BCUT2D eigenvalue weighted by molar-refractivity contribution is 7.13. The SMILES string of the molecule is CC(CNC1CC1)C(C)N1CCN(c2nccs2)CC1. The molecule has 2 aliphatic rings. The number of nitrogens with one attached hydrogen (secondary N) is 1. The van der Waals surface area contributed by atoms with Gasteiger partial charge < -0.3 is 10.2 Å². The van der Waals surface area contributed by atoms with E-state index in [1.807, 2.05) is 6.20 Å². The molecule has 3 rings (SSSR count). The Morgan fingerprint density at radius 1 is 1.30 bits per heavy atom. The van der Waals surface area contributed by atoms with Crippen LogP contribution in [0, 0.1) is 5.92 Å². The van der Waals surface area contributed by atoms with E-state index in [0.29, 0.717) is 6.04 Å². The molecule has 20 heavy (non-hydrogen) atoms. The summed E-state index contributed by atoms with van der Waals surface area (Å²) < 4.78 is 0. The first-order chi connectivity index (χ1) is 9.74. The molecule has 112 valence electrons. The number of anilines is 1. The highest BCUT2D eigenvalue weighted by atomic mass is 32.1. The zero-order valence-corrected chi connectivity index (χ0v) is 13.4. The van der Waals surface area contributed by atoms with Crippen molar-refractivity contribution in [1.82, 2.24) is 15.2 Å². The molecular formula is C15H26N4S. The molecule has 5 heteroatoms. The quantitative estimate of drug-likeness (QED) is 0.870. The molecule has 1 saturated carbocycles. The summed E-state index contributed by atoms with van der Waals surface area (Å²) in [5.41, 5.74) is 0. The zero-order chi connectivity index (χ0) is 13.9. The molecule has 1 aromatic heterocycles. The maximum Gasteiger partial charge on any atom is 0.185 e. The molecule has 1 aromatic rings. The standard InChI is InChI=1S/C15H26N4S/c1-12(11-17-14-3-4-14)13(2)18-6-8-19(9-7-18)15-16-5-10-20-15/h5,10,12-14,17H,3-4,6-9,11H2,1-2H3. The van der Waals surface area contributed by atoms with Gasteiger partial charge in [-0.15, -0.1) is 11.3 Å². The van der Waals surface area contributed by atoms with Crippen LogP contribution in [0.1, 0.15) is 26.7 Å². The van der Waals surface area contributed by atoms with E-state index in [0.717, 1.165) is 38.1 Å². The molecule has 2 unspecified atom stereocenters. The second kappa shape index (κ2) is 6.41. The average Bonchev–Trinajstić information content (AvgIpc) is 3.16. The number of nitrogens with zero attached hydrogens (tertiary/aromatic N) is 3. The van der Waals surface area contributed by atoms with Gasteiger partial charge in [-0.05, 0) is 32.2 Å². The summed E-state index contributed by atoms with van der Waals surface area (Å²) in [6.45, 7) is 10.5. The zero-order valence-electron chi connectivity index (χ0n) is 12.6. The third-order valence-corrected chi connectivity index (χ3v) is 5.54. The van der Waals surface area contributed by atoms with E-state index in [-0.39, 0.29) is 0 Å². The molecule has 0 aromatic carbocycles. The van der Waals surface area contributed by atoms with Crippen LogP contribution in [0.25, 0.3) is 0 Å². The molecule has 0 amide bonds. The van der Waals surface area contributed by atoms with Crippen LogP contribution in [0.3, 0.4) is 0 Å². The van der Waals surface area contributed by atoms with Gasteiger partial charge in [-0.3, -0.25) is 4.90 Å². The Kier molecular flexibility index (Phi) is 4.58. The maximum atomic E-state index is 4.42. The molecular weight excluding hydrogens is 268 g/mol. The highest BCUT2D eigenvalue weighted by Gasteiger charge is 2.27. The van der Waals surface area contributed by atoms with Crippen LogP contribution in [0.2, 0.25) is 0 Å². The number of rotatable bonds is 6. The van der Waals surface area contributed by atoms with Gasteiger partial charge in [0.15, 0.2) is 5.13 Å². The van der Waals surface area contributed by atoms with Gasteiger partial charge in [0.25, 0.3) is 0 Å². The minimum Gasteiger partial charge on any atom is -0.346 e. The normalized spacial score (nSPS) is 23.8. The van der Waals surface area contributed by atoms with E-state index in [1.165, 1.54) is 24.5 Å². The van der Waals surface area contributed by atoms with E-state index in [9.17, 15) is 0 Å². The number of aromatic nitrogens is 1. The highest BCUT2D eigenvalue weighted by Crippen LogP contribution is 2.22. The van der Waals surface area contributed by atoms with Crippen molar-refractivity contribution in [2.75, 3.05) is 37.6 Å². The van der Waals surface area contributed by atoms with Gasteiger partial charge in [0.1, 0.15) is 0 Å². The number of thiazole rings is 1. The molecule has 1 aliphatic heterocycles. The molecule has 0 bridgehead atoms. The number of hydrogen-bond acceptors (Lipinski definition) is 5. The van der Waals surface area contributed by atoms with Crippen molar-refractivity contribution in [1.29, 1.82) is 0 Å². The predicted octanol–water partition coefficient (Wildman–Crippen LogP) is 2.04. The van der Waals surface area contributed by atoms with E-state index >= 15 is 0 Å². The molecule has 1 saturated heterocycles. The molecule has 0 radical (unpaired) electrons. The van der Waals surface area contributed by atoms with Crippen molar-refractivity contribution in [3.63, 3.8) is 0 Å². The van der Waals surface area contributed by atoms with Crippen LogP contribution < -0.4 is 10.2 Å². The fourth-order valence-electron chi connectivity index (χ4n) is 2.86. The second-order valence-electron chi connectivity index (χ2n) is 6.24. The molecule has 1 N–H and O–H groups in total. The summed E-state index contributed by atoms with van der Waals surface area (Å²) in [5, 5.41) is 6.91. The van der Waals surface area contributed by atoms with Crippen molar-refractivity contribution in [3.8, 4) is 0 Å². The number of piperazine rings is 1. The van der Waals surface area contributed by atoms with Crippen molar-refractivity contribution in [2.24, 2.45) is 5.92 Å². The Bertz CT molecular complexity index is 396. The molecule has 2 heterocycles. The van der Waals surface area contributed by atoms with Crippen LogP contribution in [0.15, 0.2) is 11.6 Å². The summed E-state index contributed by atoms with van der Waals surface area (Å²) >= 11 is 1.75. The van der Waals surface area contributed by atoms with Crippen LogP contribution in [0.4, 0.5) is 5.13 Å². The summed E-state index contributed by atoms with van der Waals surface area (Å²) in [7, 11) is 0. The first kappa shape index (κ1) is 14.3. The van der Waals surface area contributed by atoms with Crippen LogP contribution in [0.5, 0.6) is 0 Å². The van der Waals surface area contributed by atoms with E-state index in [1.54, 1.807) is 11.3 Å². The Morgan fingerprint density at radius 2 is 2.05 bits per heavy atom. The number of hydrogen-bond donors (Lipinski definition) is 1. The van der Waals surface area contributed by atoms with Gasteiger partial charge in [0, 0.05) is 49.8 Å². The van der Waals surface area contributed by atoms with E-state index < -0.39 is 0 Å². The van der Waals surface area contributed by atoms with Crippen molar-refractivity contribution in [3.05, 3.63) is 11.6 Å². The van der Waals surface area contributed by atoms with Crippen LogP contribution in [-0.4, -0.2) is 54.7 Å². The lowest BCUT2D eigenvalue weighted by molar-refractivity contribution is 0.151. The van der Waals surface area contributed by atoms with Gasteiger partial charge in [-0.25, -0.2) is 4.98 Å². The van der Waals surface area contributed by atoms with Gasteiger partial charge in [-0.2, -0.15) is 0 Å². The largest absolute Gasteiger partial charge is 0.346 e. The smallest absolute Gasteiger partial charge is 0.185 e. The Hall–Kier alpha value is -0.650.